The predicted octanol–water partition coefficient (Wildman–Crippen LogP) is 0.685. The van der Waals surface area contributed by atoms with Crippen LogP contribution in [0, 0.1) is 6.07 Å². The molecule has 0 unspecified atom stereocenters. The van der Waals surface area contributed by atoms with E-state index in [1.54, 1.807) is 12.1 Å². The summed E-state index contributed by atoms with van der Waals surface area (Å²) in [5.74, 6) is 0.104. The first kappa shape index (κ1) is 6.11. The molecule has 0 heterocycles. The lowest BCUT2D eigenvalue weighted by Crippen LogP contribution is -1.79. The summed E-state index contributed by atoms with van der Waals surface area (Å²) in [6.45, 7) is -0.00319. The summed E-state index contributed by atoms with van der Waals surface area (Å²) in [5.41, 5.74) is 0.757. The minimum Gasteiger partial charge on any atom is -0.507 e. The normalized spacial score (nSPS) is 9.44. The van der Waals surface area contributed by atoms with Gasteiger partial charge in [-0.25, -0.2) is 0 Å². The standard InChI is InChI=1S/C7H7O2/c8-5-6-1-3-7(9)4-2-6/h1-3,8-9H,5H2. The van der Waals surface area contributed by atoms with Gasteiger partial charge in [0.1, 0.15) is 5.75 Å². The van der Waals surface area contributed by atoms with Gasteiger partial charge in [0.2, 0.25) is 0 Å². The highest BCUT2D eigenvalue weighted by Crippen LogP contribution is 2.07. The van der Waals surface area contributed by atoms with Gasteiger partial charge in [0, 0.05) is 6.07 Å². The molecule has 0 spiro atoms. The molecule has 0 amide bonds. The van der Waals surface area contributed by atoms with Gasteiger partial charge >= 0.3 is 0 Å². The quantitative estimate of drug-likeness (QED) is 0.576. The molecule has 0 aliphatic rings. The van der Waals surface area contributed by atoms with Crippen LogP contribution in [0.1, 0.15) is 5.56 Å². The molecule has 0 aliphatic carbocycles. The summed E-state index contributed by atoms with van der Waals surface area (Å²) in [6.07, 6.45) is 0. The Morgan fingerprint density at radius 3 is 2.67 bits per heavy atom. The minimum atomic E-state index is -0.00319. The Morgan fingerprint density at radius 1 is 1.44 bits per heavy atom. The smallest absolute Gasteiger partial charge is 0.123 e. The molecule has 1 radical (unpaired) electrons. The van der Waals surface area contributed by atoms with Crippen molar-refractivity contribution < 1.29 is 10.2 Å². The van der Waals surface area contributed by atoms with Gasteiger partial charge in [-0.3, -0.25) is 0 Å². The van der Waals surface area contributed by atoms with Gasteiger partial charge < -0.3 is 10.2 Å². The molecule has 0 saturated carbocycles. The van der Waals surface area contributed by atoms with Crippen LogP contribution in [0.4, 0.5) is 0 Å². The molecule has 0 bridgehead atoms. The molecule has 9 heavy (non-hydrogen) atoms. The lowest BCUT2D eigenvalue weighted by molar-refractivity contribution is 0.281. The summed E-state index contributed by atoms with van der Waals surface area (Å²) < 4.78 is 0. The van der Waals surface area contributed by atoms with Crippen molar-refractivity contribution >= 4 is 0 Å². The van der Waals surface area contributed by atoms with Crippen LogP contribution in [-0.4, -0.2) is 10.2 Å². The molecule has 0 aromatic heterocycles. The van der Waals surface area contributed by atoms with Crippen molar-refractivity contribution in [2.75, 3.05) is 0 Å². The second kappa shape index (κ2) is 2.51. The summed E-state index contributed by atoms with van der Waals surface area (Å²) in [7, 11) is 0. The molecule has 0 atom stereocenters. The number of aromatic hydroxyl groups is 1. The molecule has 2 heteroatoms. The number of benzene rings is 1. The number of phenolic OH excluding ortho intramolecular Hbond substituents is 1. The molecule has 2 nitrogen and oxygen atoms in total. The van der Waals surface area contributed by atoms with E-state index in [2.05, 4.69) is 6.07 Å². The van der Waals surface area contributed by atoms with E-state index < -0.39 is 0 Å². The highest BCUT2D eigenvalue weighted by molar-refractivity contribution is 5.23. The van der Waals surface area contributed by atoms with E-state index in [-0.39, 0.29) is 12.4 Å². The van der Waals surface area contributed by atoms with Crippen LogP contribution < -0.4 is 0 Å². The van der Waals surface area contributed by atoms with Crippen molar-refractivity contribution in [3.05, 3.63) is 29.8 Å². The topological polar surface area (TPSA) is 40.5 Å². The largest absolute Gasteiger partial charge is 0.507 e. The maximum absolute atomic E-state index is 8.72. The first-order valence-corrected chi connectivity index (χ1v) is 2.63. The monoisotopic (exact) mass is 123 g/mol. The maximum Gasteiger partial charge on any atom is 0.123 e. The van der Waals surface area contributed by atoms with Crippen LogP contribution in [-0.2, 0) is 6.61 Å². The fraction of sp³-hybridized carbons (Fsp3) is 0.143. The van der Waals surface area contributed by atoms with E-state index in [0.29, 0.717) is 0 Å². The van der Waals surface area contributed by atoms with Crippen molar-refractivity contribution in [2.45, 2.75) is 6.61 Å². The second-order valence-corrected chi connectivity index (χ2v) is 1.74. The Morgan fingerprint density at radius 2 is 2.22 bits per heavy atom. The molecule has 0 fully saturated rings. The molecule has 47 valence electrons. The van der Waals surface area contributed by atoms with E-state index in [0.717, 1.165) is 5.56 Å². The molecule has 0 saturated heterocycles. The molecule has 1 aromatic rings. The Hall–Kier alpha value is -1.02. The third-order valence-electron chi connectivity index (χ3n) is 1.04. The van der Waals surface area contributed by atoms with Gasteiger partial charge in [-0.05, 0) is 17.7 Å². The van der Waals surface area contributed by atoms with E-state index in [1.165, 1.54) is 6.07 Å². The van der Waals surface area contributed by atoms with Crippen LogP contribution in [0.2, 0.25) is 0 Å². The highest BCUT2D eigenvalue weighted by Gasteiger charge is 1.88. The van der Waals surface area contributed by atoms with Crippen LogP contribution in [0.25, 0.3) is 0 Å². The van der Waals surface area contributed by atoms with E-state index in [9.17, 15) is 0 Å². The first-order valence-electron chi connectivity index (χ1n) is 2.63. The van der Waals surface area contributed by atoms with E-state index in [1.807, 2.05) is 0 Å². The summed E-state index contributed by atoms with van der Waals surface area (Å²) in [4.78, 5) is 0. The summed E-state index contributed by atoms with van der Waals surface area (Å²) in [5, 5.41) is 17.2. The zero-order valence-corrected chi connectivity index (χ0v) is 4.83. The van der Waals surface area contributed by atoms with Crippen molar-refractivity contribution in [3.63, 3.8) is 0 Å². The number of phenols is 1. The number of hydrogen-bond donors (Lipinski definition) is 2. The minimum absolute atomic E-state index is 0.00319. The molecular weight excluding hydrogens is 116 g/mol. The van der Waals surface area contributed by atoms with Gasteiger partial charge in [-0.2, -0.15) is 0 Å². The van der Waals surface area contributed by atoms with Gasteiger partial charge in [0.05, 0.1) is 6.61 Å². The van der Waals surface area contributed by atoms with E-state index >= 15 is 0 Å². The SMILES string of the molecule is OCc1c[c]c(O)cc1. The maximum atomic E-state index is 8.72. The van der Waals surface area contributed by atoms with Crippen LogP contribution in [0.15, 0.2) is 18.2 Å². The summed E-state index contributed by atoms with van der Waals surface area (Å²) in [6, 6.07) is 7.23. The Balaban J connectivity index is 2.88. The van der Waals surface area contributed by atoms with Crippen molar-refractivity contribution in [2.24, 2.45) is 0 Å². The van der Waals surface area contributed by atoms with E-state index in [4.69, 9.17) is 10.2 Å². The Kier molecular flexibility index (Phi) is 1.70. The third-order valence-corrected chi connectivity index (χ3v) is 1.04. The Labute approximate surface area is 53.4 Å². The number of aliphatic hydroxyl groups is 1. The lowest BCUT2D eigenvalue weighted by Gasteiger charge is -1.92. The van der Waals surface area contributed by atoms with Crippen LogP contribution in [0.5, 0.6) is 5.75 Å². The van der Waals surface area contributed by atoms with Crippen molar-refractivity contribution in [1.29, 1.82) is 0 Å². The second-order valence-electron chi connectivity index (χ2n) is 1.74. The number of hydrogen-bond acceptors (Lipinski definition) is 2. The van der Waals surface area contributed by atoms with Crippen LogP contribution >= 0.6 is 0 Å². The number of aliphatic hydroxyl groups excluding tert-OH is 1. The fourth-order valence-corrected chi connectivity index (χ4v) is 0.547. The molecule has 0 aliphatic heterocycles. The average molecular weight is 123 g/mol. The van der Waals surface area contributed by atoms with Crippen LogP contribution in [0.3, 0.4) is 0 Å². The fourth-order valence-electron chi connectivity index (χ4n) is 0.547. The van der Waals surface area contributed by atoms with Gasteiger partial charge in [-0.15, -0.1) is 0 Å². The van der Waals surface area contributed by atoms with Crippen molar-refractivity contribution in [1.82, 2.24) is 0 Å². The molecule has 2 N–H and O–H groups in total. The molecule has 1 rings (SSSR count). The zero-order valence-electron chi connectivity index (χ0n) is 4.83. The average Bonchev–Trinajstić information content (AvgIpc) is 1.90. The van der Waals surface area contributed by atoms with Gasteiger partial charge in [-0.1, -0.05) is 6.07 Å². The lowest BCUT2D eigenvalue weighted by atomic mass is 10.2. The zero-order chi connectivity index (χ0) is 6.69. The predicted molar refractivity (Wildman–Crippen MR) is 32.9 cm³/mol. The molecule has 1 aromatic carbocycles. The van der Waals surface area contributed by atoms with Crippen molar-refractivity contribution in [3.8, 4) is 5.75 Å². The third kappa shape index (κ3) is 1.44. The molecular formula is C7H7O2. The highest BCUT2D eigenvalue weighted by atomic mass is 16.3. The first-order chi connectivity index (χ1) is 4.33. The van der Waals surface area contributed by atoms with Gasteiger partial charge in [0.15, 0.2) is 0 Å². The van der Waals surface area contributed by atoms with Gasteiger partial charge in [0.25, 0.3) is 0 Å². The Bertz CT molecular complexity index is 179. The number of rotatable bonds is 1. The summed E-state index contributed by atoms with van der Waals surface area (Å²) >= 11 is 0.